The van der Waals surface area contributed by atoms with E-state index in [1.807, 2.05) is 11.8 Å². The third-order valence-corrected chi connectivity index (χ3v) is 5.74. The van der Waals surface area contributed by atoms with E-state index in [-0.39, 0.29) is 18.3 Å². The predicted octanol–water partition coefficient (Wildman–Crippen LogP) is 2.98. The summed E-state index contributed by atoms with van der Waals surface area (Å²) >= 11 is 2.01. The second kappa shape index (κ2) is 9.91. The molecule has 1 heterocycles. The van der Waals surface area contributed by atoms with E-state index >= 15 is 0 Å². The topological polar surface area (TPSA) is 41.1 Å². The van der Waals surface area contributed by atoms with Crippen LogP contribution in [0.15, 0.2) is 0 Å². The fourth-order valence-corrected chi connectivity index (χ4v) is 4.49. The van der Waals surface area contributed by atoms with E-state index in [0.717, 1.165) is 37.6 Å². The van der Waals surface area contributed by atoms with Crippen LogP contribution in [0.1, 0.15) is 51.9 Å². The monoisotopic (exact) mass is 320 g/mol. The summed E-state index contributed by atoms with van der Waals surface area (Å²) in [5.74, 6) is 2.20. The minimum atomic E-state index is 0. The highest BCUT2D eigenvalue weighted by Gasteiger charge is 2.28. The van der Waals surface area contributed by atoms with Gasteiger partial charge >= 0.3 is 0 Å². The maximum Gasteiger partial charge on any atom is 0.220 e. The fourth-order valence-electron chi connectivity index (χ4n) is 3.29. The van der Waals surface area contributed by atoms with Gasteiger partial charge in [-0.15, -0.1) is 12.4 Å². The Bertz CT molecular complexity index is 285. The summed E-state index contributed by atoms with van der Waals surface area (Å²) in [5.41, 5.74) is 0. The predicted molar refractivity (Wildman–Crippen MR) is 89.8 cm³/mol. The number of hydrogen-bond donors (Lipinski definition) is 2. The Kier molecular flexibility index (Phi) is 8.98. The van der Waals surface area contributed by atoms with Gasteiger partial charge in [0.25, 0.3) is 0 Å². The smallest absolute Gasteiger partial charge is 0.220 e. The number of piperidine rings is 1. The molecule has 1 aliphatic heterocycles. The lowest BCUT2D eigenvalue weighted by Gasteiger charge is -2.23. The van der Waals surface area contributed by atoms with Crippen LogP contribution in [-0.4, -0.2) is 36.0 Å². The first-order chi connectivity index (χ1) is 9.29. The molecule has 0 aromatic carbocycles. The normalized spacial score (nSPS) is 27.1. The summed E-state index contributed by atoms with van der Waals surface area (Å²) in [5, 5.41) is 7.32. The molecule has 2 rings (SSSR count). The van der Waals surface area contributed by atoms with Gasteiger partial charge in [0.15, 0.2) is 0 Å². The molecule has 0 radical (unpaired) electrons. The molecule has 0 bridgehead atoms. The van der Waals surface area contributed by atoms with Crippen molar-refractivity contribution in [1.82, 2.24) is 10.6 Å². The summed E-state index contributed by atoms with van der Waals surface area (Å²) in [6, 6.07) is 0.436. The number of carbonyl (C=O) groups is 1. The molecule has 0 spiro atoms. The largest absolute Gasteiger partial charge is 0.352 e. The second-order valence-electron chi connectivity index (χ2n) is 5.83. The average molecular weight is 321 g/mol. The van der Waals surface area contributed by atoms with Gasteiger partial charge in [0.1, 0.15) is 0 Å². The van der Waals surface area contributed by atoms with Gasteiger partial charge in [0.05, 0.1) is 0 Å². The highest BCUT2D eigenvalue weighted by atomic mass is 35.5. The van der Waals surface area contributed by atoms with Gasteiger partial charge < -0.3 is 10.6 Å². The van der Waals surface area contributed by atoms with Crippen LogP contribution in [0.2, 0.25) is 0 Å². The molecule has 0 aromatic heterocycles. The van der Waals surface area contributed by atoms with Gasteiger partial charge in [-0.25, -0.2) is 0 Å². The Morgan fingerprint density at radius 2 is 2.00 bits per heavy atom. The van der Waals surface area contributed by atoms with E-state index in [4.69, 9.17) is 0 Å². The van der Waals surface area contributed by atoms with Crippen LogP contribution in [0, 0.1) is 5.92 Å². The molecule has 5 heteroatoms. The molecule has 2 atom stereocenters. The maximum absolute atomic E-state index is 12.1. The number of halogens is 1. The standard InChI is InChI=1S/C15H28N2OS.ClH/c1-2-19-14-5-3-4-13(14)17-15(18)7-6-12-8-10-16-11-9-12;/h12-14,16H,2-11H2,1H3,(H,17,18);1H. The summed E-state index contributed by atoms with van der Waals surface area (Å²) in [7, 11) is 0. The minimum absolute atomic E-state index is 0. The molecule has 0 aromatic rings. The summed E-state index contributed by atoms with van der Waals surface area (Å²) in [6.07, 6.45) is 8.01. The van der Waals surface area contributed by atoms with Crippen molar-refractivity contribution in [3.8, 4) is 0 Å². The van der Waals surface area contributed by atoms with E-state index in [9.17, 15) is 4.79 Å². The molecular weight excluding hydrogens is 292 g/mol. The highest BCUT2D eigenvalue weighted by molar-refractivity contribution is 7.99. The van der Waals surface area contributed by atoms with Crippen molar-refractivity contribution in [2.45, 2.75) is 63.2 Å². The molecule has 2 unspecified atom stereocenters. The second-order valence-corrected chi connectivity index (χ2v) is 7.35. The Morgan fingerprint density at radius 3 is 2.70 bits per heavy atom. The van der Waals surface area contributed by atoms with Crippen LogP contribution in [0.3, 0.4) is 0 Å². The minimum Gasteiger partial charge on any atom is -0.352 e. The van der Waals surface area contributed by atoms with Crippen molar-refractivity contribution in [2.24, 2.45) is 5.92 Å². The lowest BCUT2D eigenvalue weighted by molar-refractivity contribution is -0.122. The Balaban J connectivity index is 0.00000200. The van der Waals surface area contributed by atoms with Crippen LogP contribution < -0.4 is 10.6 Å². The number of nitrogens with one attached hydrogen (secondary N) is 2. The molecule has 2 fully saturated rings. The Labute approximate surface area is 133 Å². The van der Waals surface area contributed by atoms with Crippen molar-refractivity contribution in [3.63, 3.8) is 0 Å². The van der Waals surface area contributed by atoms with Crippen molar-refractivity contribution in [1.29, 1.82) is 0 Å². The van der Waals surface area contributed by atoms with Crippen molar-refractivity contribution < 1.29 is 4.79 Å². The average Bonchev–Trinajstić information content (AvgIpc) is 2.85. The number of hydrogen-bond acceptors (Lipinski definition) is 3. The quantitative estimate of drug-likeness (QED) is 0.790. The fraction of sp³-hybridized carbons (Fsp3) is 0.933. The molecule has 3 nitrogen and oxygen atoms in total. The van der Waals surface area contributed by atoms with Crippen LogP contribution >= 0.6 is 24.2 Å². The maximum atomic E-state index is 12.1. The van der Waals surface area contributed by atoms with Crippen LogP contribution in [0.4, 0.5) is 0 Å². The number of amides is 1. The first kappa shape index (κ1) is 18.1. The van der Waals surface area contributed by atoms with Gasteiger partial charge in [-0.05, 0) is 56.9 Å². The Hall–Kier alpha value is 0.0700. The molecule has 1 saturated heterocycles. The van der Waals surface area contributed by atoms with Crippen molar-refractivity contribution in [3.05, 3.63) is 0 Å². The molecule has 1 saturated carbocycles. The van der Waals surface area contributed by atoms with Crippen LogP contribution in [0.5, 0.6) is 0 Å². The van der Waals surface area contributed by atoms with Crippen LogP contribution in [0.25, 0.3) is 0 Å². The first-order valence-electron chi connectivity index (χ1n) is 7.91. The third-order valence-electron chi connectivity index (χ3n) is 4.42. The van der Waals surface area contributed by atoms with E-state index < -0.39 is 0 Å². The summed E-state index contributed by atoms with van der Waals surface area (Å²) in [6.45, 7) is 4.47. The van der Waals surface area contributed by atoms with Gasteiger partial charge in [0, 0.05) is 17.7 Å². The molecule has 2 aliphatic rings. The SMILES string of the molecule is CCSC1CCCC1NC(=O)CCC1CCNCC1.Cl. The van der Waals surface area contributed by atoms with Gasteiger partial charge in [-0.1, -0.05) is 13.3 Å². The molecule has 2 N–H and O–H groups in total. The molecule has 1 amide bonds. The number of carbonyl (C=O) groups excluding carboxylic acids is 1. The third kappa shape index (κ3) is 5.82. The lowest BCUT2D eigenvalue weighted by atomic mass is 9.93. The lowest BCUT2D eigenvalue weighted by Crippen LogP contribution is -2.39. The van der Waals surface area contributed by atoms with Gasteiger partial charge in [0.2, 0.25) is 5.91 Å². The molecule has 118 valence electrons. The van der Waals surface area contributed by atoms with Gasteiger partial charge in [-0.3, -0.25) is 4.79 Å². The molecule has 1 aliphatic carbocycles. The zero-order chi connectivity index (χ0) is 13.5. The molecule has 20 heavy (non-hydrogen) atoms. The molecular formula is C15H29ClN2OS. The van der Waals surface area contributed by atoms with E-state index in [1.54, 1.807) is 0 Å². The zero-order valence-corrected chi connectivity index (χ0v) is 14.2. The van der Waals surface area contributed by atoms with E-state index in [2.05, 4.69) is 17.6 Å². The van der Waals surface area contributed by atoms with E-state index in [1.165, 1.54) is 32.1 Å². The highest BCUT2D eigenvalue weighted by Crippen LogP contribution is 2.30. The Morgan fingerprint density at radius 1 is 1.25 bits per heavy atom. The van der Waals surface area contributed by atoms with Gasteiger partial charge in [-0.2, -0.15) is 11.8 Å². The van der Waals surface area contributed by atoms with Crippen molar-refractivity contribution in [2.75, 3.05) is 18.8 Å². The van der Waals surface area contributed by atoms with Crippen LogP contribution in [-0.2, 0) is 4.79 Å². The zero-order valence-electron chi connectivity index (χ0n) is 12.5. The summed E-state index contributed by atoms with van der Waals surface area (Å²) < 4.78 is 0. The van der Waals surface area contributed by atoms with E-state index in [0.29, 0.717) is 11.3 Å². The first-order valence-corrected chi connectivity index (χ1v) is 8.96. The van der Waals surface area contributed by atoms with Crippen molar-refractivity contribution >= 4 is 30.1 Å². The summed E-state index contributed by atoms with van der Waals surface area (Å²) in [4.78, 5) is 12.1. The number of rotatable bonds is 6. The number of thioether (sulfide) groups is 1.